The molecular formula is C21H27NO3. The summed E-state index contributed by atoms with van der Waals surface area (Å²) in [5.41, 5.74) is 2.40. The van der Waals surface area contributed by atoms with Gasteiger partial charge in [0.15, 0.2) is 0 Å². The highest BCUT2D eigenvalue weighted by molar-refractivity contribution is 5.30. The van der Waals surface area contributed by atoms with Gasteiger partial charge >= 0.3 is 0 Å². The molecule has 0 spiro atoms. The molecule has 4 nitrogen and oxygen atoms in total. The minimum atomic E-state index is -0.845. The monoisotopic (exact) mass is 341 g/mol. The van der Waals surface area contributed by atoms with Crippen LogP contribution in [0.25, 0.3) is 0 Å². The Morgan fingerprint density at radius 3 is 2.20 bits per heavy atom. The molecule has 4 heteroatoms. The summed E-state index contributed by atoms with van der Waals surface area (Å²) in [5.74, 6) is -0.451. The predicted molar refractivity (Wildman–Crippen MR) is 100 cm³/mol. The molecule has 0 aliphatic heterocycles. The smallest absolute Gasteiger partial charge is 0.0883 e. The van der Waals surface area contributed by atoms with Gasteiger partial charge in [-0.05, 0) is 23.7 Å². The molecule has 0 unspecified atom stereocenters. The van der Waals surface area contributed by atoms with E-state index in [1.807, 2.05) is 42.3 Å². The SMILES string of the molecule is C=CCN(C)C[C@@H](O)[C@@H](c1ccccc1)[C@@H](O)c1ccc(CO)cc1. The van der Waals surface area contributed by atoms with E-state index >= 15 is 0 Å². The van der Waals surface area contributed by atoms with Gasteiger partial charge in [0.05, 0.1) is 18.8 Å². The first-order chi connectivity index (χ1) is 12.1. The fourth-order valence-electron chi connectivity index (χ4n) is 3.05. The maximum atomic E-state index is 10.9. The van der Waals surface area contributed by atoms with Crippen LogP contribution in [0.4, 0.5) is 0 Å². The molecule has 0 bridgehead atoms. The largest absolute Gasteiger partial charge is 0.392 e. The average Bonchev–Trinajstić information content (AvgIpc) is 2.63. The van der Waals surface area contributed by atoms with Crippen molar-refractivity contribution in [3.8, 4) is 0 Å². The summed E-state index contributed by atoms with van der Waals surface area (Å²) in [6.45, 7) is 4.78. The summed E-state index contributed by atoms with van der Waals surface area (Å²) in [7, 11) is 1.91. The Bertz CT molecular complexity index is 642. The van der Waals surface area contributed by atoms with Gasteiger partial charge in [-0.1, -0.05) is 60.7 Å². The van der Waals surface area contributed by atoms with Crippen LogP contribution in [-0.4, -0.2) is 46.5 Å². The van der Waals surface area contributed by atoms with E-state index in [0.29, 0.717) is 13.1 Å². The Labute approximate surface area is 149 Å². The summed E-state index contributed by atoms with van der Waals surface area (Å²) in [6, 6.07) is 16.7. The van der Waals surface area contributed by atoms with E-state index in [4.69, 9.17) is 0 Å². The van der Waals surface area contributed by atoms with Crippen molar-refractivity contribution in [1.82, 2.24) is 4.90 Å². The number of nitrogens with zero attached hydrogens (tertiary/aromatic N) is 1. The van der Waals surface area contributed by atoms with E-state index in [0.717, 1.165) is 16.7 Å². The molecule has 0 aliphatic rings. The highest BCUT2D eigenvalue weighted by atomic mass is 16.3. The molecule has 134 valence electrons. The van der Waals surface area contributed by atoms with Gasteiger partial charge in [-0.25, -0.2) is 0 Å². The van der Waals surface area contributed by atoms with Crippen molar-refractivity contribution in [3.63, 3.8) is 0 Å². The van der Waals surface area contributed by atoms with Crippen LogP contribution in [0.2, 0.25) is 0 Å². The predicted octanol–water partition coefficient (Wildman–Crippen LogP) is 2.47. The van der Waals surface area contributed by atoms with Crippen molar-refractivity contribution < 1.29 is 15.3 Å². The Morgan fingerprint density at radius 1 is 1.00 bits per heavy atom. The first-order valence-electron chi connectivity index (χ1n) is 8.47. The number of aliphatic hydroxyl groups is 3. The van der Waals surface area contributed by atoms with Crippen LogP contribution < -0.4 is 0 Å². The topological polar surface area (TPSA) is 63.9 Å². The van der Waals surface area contributed by atoms with Gasteiger partial charge in [0.25, 0.3) is 0 Å². The summed E-state index contributed by atoms with van der Waals surface area (Å²) in [4.78, 5) is 1.97. The number of hydrogen-bond donors (Lipinski definition) is 3. The molecule has 0 fully saturated rings. The van der Waals surface area contributed by atoms with E-state index in [1.54, 1.807) is 30.3 Å². The zero-order valence-corrected chi connectivity index (χ0v) is 14.6. The molecule has 2 aromatic carbocycles. The second kappa shape index (κ2) is 9.49. The lowest BCUT2D eigenvalue weighted by Gasteiger charge is -2.31. The lowest BCUT2D eigenvalue weighted by molar-refractivity contribution is 0.0356. The Hall–Kier alpha value is -1.98. The molecule has 0 radical (unpaired) electrons. The zero-order chi connectivity index (χ0) is 18.2. The van der Waals surface area contributed by atoms with E-state index < -0.39 is 18.1 Å². The Morgan fingerprint density at radius 2 is 1.64 bits per heavy atom. The number of hydrogen-bond acceptors (Lipinski definition) is 4. The lowest BCUT2D eigenvalue weighted by atomic mass is 9.84. The van der Waals surface area contributed by atoms with Crippen molar-refractivity contribution in [2.24, 2.45) is 0 Å². The number of rotatable bonds is 9. The number of aliphatic hydroxyl groups excluding tert-OH is 3. The van der Waals surface area contributed by atoms with E-state index in [9.17, 15) is 15.3 Å². The van der Waals surface area contributed by atoms with E-state index in [-0.39, 0.29) is 6.61 Å². The lowest BCUT2D eigenvalue weighted by Crippen LogP contribution is -2.36. The molecule has 0 aliphatic carbocycles. The van der Waals surface area contributed by atoms with Gasteiger partial charge in [0.1, 0.15) is 0 Å². The van der Waals surface area contributed by atoms with E-state index in [1.165, 1.54) is 0 Å². The maximum absolute atomic E-state index is 10.9. The Balaban J connectivity index is 2.28. The normalized spacial score (nSPS) is 14.9. The molecule has 0 saturated carbocycles. The van der Waals surface area contributed by atoms with E-state index in [2.05, 4.69) is 6.58 Å². The minimum absolute atomic E-state index is 0.0343. The number of likely N-dealkylation sites (N-methyl/N-ethyl adjacent to an activating group) is 1. The summed E-state index contributed by atoms with van der Waals surface area (Å²) in [6.07, 6.45) is 0.205. The molecule has 0 saturated heterocycles. The minimum Gasteiger partial charge on any atom is -0.392 e. The van der Waals surface area contributed by atoms with Crippen LogP contribution in [0, 0.1) is 0 Å². The molecule has 3 N–H and O–H groups in total. The molecule has 0 heterocycles. The van der Waals surface area contributed by atoms with Crippen LogP contribution in [0.5, 0.6) is 0 Å². The third kappa shape index (κ3) is 5.25. The molecule has 3 atom stereocenters. The molecule has 25 heavy (non-hydrogen) atoms. The van der Waals surface area contributed by atoms with Gasteiger partial charge in [0, 0.05) is 19.0 Å². The summed E-state index contributed by atoms with van der Waals surface area (Å²) in [5, 5.41) is 30.9. The molecule has 0 aromatic heterocycles. The maximum Gasteiger partial charge on any atom is 0.0883 e. The summed E-state index contributed by atoms with van der Waals surface area (Å²) < 4.78 is 0. The van der Waals surface area contributed by atoms with Crippen LogP contribution in [0.3, 0.4) is 0 Å². The van der Waals surface area contributed by atoms with Gasteiger partial charge in [-0.2, -0.15) is 0 Å². The molecule has 2 rings (SSSR count). The quantitative estimate of drug-likeness (QED) is 0.613. The van der Waals surface area contributed by atoms with Crippen LogP contribution in [0.15, 0.2) is 67.3 Å². The van der Waals surface area contributed by atoms with Crippen LogP contribution in [0.1, 0.15) is 28.7 Å². The first kappa shape index (κ1) is 19.3. The van der Waals surface area contributed by atoms with Gasteiger partial charge in [0.2, 0.25) is 0 Å². The van der Waals surface area contributed by atoms with Crippen LogP contribution >= 0.6 is 0 Å². The molecule has 2 aromatic rings. The van der Waals surface area contributed by atoms with Crippen molar-refractivity contribution in [2.75, 3.05) is 20.1 Å². The Kier molecular flexibility index (Phi) is 7.34. The fraction of sp³-hybridized carbons (Fsp3) is 0.333. The fourth-order valence-corrected chi connectivity index (χ4v) is 3.05. The van der Waals surface area contributed by atoms with Crippen molar-refractivity contribution >= 4 is 0 Å². The zero-order valence-electron chi connectivity index (χ0n) is 14.6. The number of benzene rings is 2. The van der Waals surface area contributed by atoms with Crippen molar-refractivity contribution in [2.45, 2.75) is 24.7 Å². The second-order valence-electron chi connectivity index (χ2n) is 6.36. The van der Waals surface area contributed by atoms with Gasteiger partial charge in [-0.15, -0.1) is 6.58 Å². The summed E-state index contributed by atoms with van der Waals surface area (Å²) >= 11 is 0. The average molecular weight is 341 g/mol. The third-order valence-electron chi connectivity index (χ3n) is 4.38. The second-order valence-corrected chi connectivity index (χ2v) is 6.36. The highest BCUT2D eigenvalue weighted by Gasteiger charge is 2.30. The van der Waals surface area contributed by atoms with Crippen molar-refractivity contribution in [3.05, 3.63) is 83.9 Å². The highest BCUT2D eigenvalue weighted by Crippen LogP contribution is 2.34. The van der Waals surface area contributed by atoms with Crippen LogP contribution in [-0.2, 0) is 6.61 Å². The van der Waals surface area contributed by atoms with Gasteiger partial charge in [-0.3, -0.25) is 0 Å². The first-order valence-corrected chi connectivity index (χ1v) is 8.47. The third-order valence-corrected chi connectivity index (χ3v) is 4.38. The van der Waals surface area contributed by atoms with Gasteiger partial charge < -0.3 is 20.2 Å². The molecule has 0 amide bonds. The molecular weight excluding hydrogens is 314 g/mol. The van der Waals surface area contributed by atoms with Crippen molar-refractivity contribution in [1.29, 1.82) is 0 Å². The standard InChI is InChI=1S/C21H27NO3/c1-3-13-22(2)14-19(24)20(17-7-5-4-6-8-17)21(25)18-11-9-16(15-23)10-12-18/h3-12,19-21,23-25H,1,13-15H2,2H3/t19-,20-,21+/m1/s1.